The first kappa shape index (κ1) is 25.1. The third kappa shape index (κ3) is 3.80. The Labute approximate surface area is 227 Å². The monoisotopic (exact) mass is 516 g/mol. The van der Waals surface area contributed by atoms with Crippen LogP contribution in [-0.2, 0) is 0 Å². The van der Waals surface area contributed by atoms with Gasteiger partial charge in [0.1, 0.15) is 17.7 Å². The van der Waals surface area contributed by atoms with Crippen molar-refractivity contribution in [2.45, 2.75) is 0 Å². The second kappa shape index (κ2) is 9.71. The third-order valence-corrected chi connectivity index (χ3v) is 6.60. The lowest BCUT2D eigenvalue weighted by Crippen LogP contribution is -1.92. The van der Waals surface area contributed by atoms with E-state index in [1.807, 2.05) is 6.07 Å². The zero-order valence-corrected chi connectivity index (χ0v) is 20.2. The fraction of sp³-hybridized carbons (Fsp3) is 0. The Bertz CT molecular complexity index is 1950. The van der Waals surface area contributed by atoms with Crippen molar-refractivity contribution in [2.75, 3.05) is 0 Å². The lowest BCUT2D eigenvalue weighted by molar-refractivity contribution is 0.624. The SMILES string of the molecule is [C-]#[N+]/C(C#N)=C1/c2cc(-c3ccc(C#N)c(F)c3)c(C#N)cc2-c2cc([N+]#[C-])c(-c3ccc([N+]#[C-])c(F)c3)cc21. The van der Waals surface area contributed by atoms with E-state index in [2.05, 4.69) is 20.6 Å². The minimum atomic E-state index is -0.759. The van der Waals surface area contributed by atoms with E-state index in [4.69, 9.17) is 25.0 Å². The molecular formula is C32H10F2N6. The van der Waals surface area contributed by atoms with Crippen molar-refractivity contribution in [3.05, 3.63) is 135 Å². The molecule has 0 N–H and O–H groups in total. The molecule has 0 saturated carbocycles. The van der Waals surface area contributed by atoms with E-state index in [0.29, 0.717) is 44.5 Å². The Hall–Kier alpha value is -6.58. The molecule has 182 valence electrons. The molecule has 5 rings (SSSR count). The fourth-order valence-corrected chi connectivity index (χ4v) is 4.78. The number of hydrogen-bond donors (Lipinski definition) is 0. The van der Waals surface area contributed by atoms with E-state index in [1.54, 1.807) is 30.3 Å². The Kier molecular flexibility index (Phi) is 6.09. The molecule has 0 unspecified atom stereocenters. The first-order valence-corrected chi connectivity index (χ1v) is 11.4. The summed E-state index contributed by atoms with van der Waals surface area (Å²) in [6, 6.07) is 20.0. The van der Waals surface area contributed by atoms with Gasteiger partial charge in [0.2, 0.25) is 5.69 Å². The van der Waals surface area contributed by atoms with Gasteiger partial charge in [-0.15, -0.1) is 0 Å². The van der Waals surface area contributed by atoms with Crippen molar-refractivity contribution in [1.29, 1.82) is 15.8 Å². The molecule has 0 spiro atoms. The molecule has 0 atom stereocenters. The van der Waals surface area contributed by atoms with Gasteiger partial charge >= 0.3 is 0 Å². The molecule has 6 nitrogen and oxygen atoms in total. The fourth-order valence-electron chi connectivity index (χ4n) is 4.78. The predicted molar refractivity (Wildman–Crippen MR) is 143 cm³/mol. The molecule has 4 aromatic rings. The molecule has 4 aromatic carbocycles. The van der Waals surface area contributed by atoms with Crippen LogP contribution in [-0.4, -0.2) is 0 Å². The lowest BCUT2D eigenvalue weighted by atomic mass is 9.92. The molecule has 0 aliphatic heterocycles. The molecule has 40 heavy (non-hydrogen) atoms. The van der Waals surface area contributed by atoms with Gasteiger partial charge < -0.3 is 0 Å². The largest absolute Gasteiger partial charge is 0.270 e. The van der Waals surface area contributed by atoms with Gasteiger partial charge in [0.15, 0.2) is 5.69 Å². The summed E-state index contributed by atoms with van der Waals surface area (Å²) in [5.74, 6) is -1.51. The summed E-state index contributed by atoms with van der Waals surface area (Å²) in [7, 11) is 0. The highest BCUT2D eigenvalue weighted by Crippen LogP contribution is 2.51. The standard InChI is InChI=1S/C32H10F2N6/c1-38-29-7-6-18(10-28(29)34)22-12-26-24(13-30(22)39-2)23-8-20(15-36)21(11-25(23)32(26)31(16-37)40-3)17-4-5-19(14-35)27(33)9-17/h4-13H/b32-31-. The molecule has 0 amide bonds. The first-order chi connectivity index (χ1) is 19.4. The van der Waals surface area contributed by atoms with Gasteiger partial charge in [0.05, 0.1) is 43.0 Å². The van der Waals surface area contributed by atoms with Gasteiger partial charge in [-0.25, -0.2) is 28.6 Å². The molecule has 0 radical (unpaired) electrons. The van der Waals surface area contributed by atoms with E-state index in [-0.39, 0.29) is 33.8 Å². The number of hydrogen-bond acceptors (Lipinski definition) is 3. The maximum atomic E-state index is 14.5. The molecule has 1 aliphatic rings. The van der Waals surface area contributed by atoms with Gasteiger partial charge in [-0.3, -0.25) is 0 Å². The quantitative estimate of drug-likeness (QED) is 0.175. The van der Waals surface area contributed by atoms with Crippen LogP contribution in [0.5, 0.6) is 0 Å². The van der Waals surface area contributed by atoms with Gasteiger partial charge in [-0.05, 0) is 75.3 Å². The molecule has 1 aliphatic carbocycles. The molecule has 0 heterocycles. The number of nitrogens with zero attached hydrogens (tertiary/aromatic N) is 6. The van der Waals surface area contributed by atoms with Crippen molar-refractivity contribution >= 4 is 16.9 Å². The normalized spacial score (nSPS) is 11.9. The number of allylic oxidation sites excluding steroid dienone is 1. The summed E-state index contributed by atoms with van der Waals surface area (Å²) in [4.78, 5) is 10.1. The number of rotatable bonds is 2. The predicted octanol–water partition coefficient (Wildman–Crippen LogP) is 8.33. The Morgan fingerprint density at radius 3 is 1.77 bits per heavy atom. The van der Waals surface area contributed by atoms with Crippen LogP contribution in [0, 0.1) is 65.3 Å². The number of fused-ring (bicyclic) bond motifs is 3. The molecule has 0 bridgehead atoms. The second-order valence-corrected chi connectivity index (χ2v) is 8.61. The van der Waals surface area contributed by atoms with Crippen molar-refractivity contribution in [1.82, 2.24) is 0 Å². The molecule has 0 fully saturated rings. The molecule has 0 aromatic heterocycles. The number of benzene rings is 4. The minimum Gasteiger partial charge on any atom is -0.237 e. The first-order valence-electron chi connectivity index (χ1n) is 11.4. The summed E-state index contributed by atoms with van der Waals surface area (Å²) in [5.41, 5.74) is 3.25. The van der Waals surface area contributed by atoms with E-state index < -0.39 is 11.6 Å². The van der Waals surface area contributed by atoms with Crippen molar-refractivity contribution in [3.8, 4) is 51.6 Å². The molecular weight excluding hydrogens is 506 g/mol. The van der Waals surface area contributed by atoms with Crippen LogP contribution in [0.4, 0.5) is 20.2 Å². The molecule has 0 saturated heterocycles. The lowest BCUT2D eigenvalue weighted by Gasteiger charge is -2.11. The zero-order chi connectivity index (χ0) is 28.6. The van der Waals surface area contributed by atoms with Crippen LogP contribution in [0.3, 0.4) is 0 Å². The van der Waals surface area contributed by atoms with Crippen LogP contribution in [0.25, 0.3) is 53.5 Å². The van der Waals surface area contributed by atoms with Crippen molar-refractivity contribution < 1.29 is 8.78 Å². The van der Waals surface area contributed by atoms with Crippen LogP contribution in [0.15, 0.2) is 66.4 Å². The Balaban J connectivity index is 1.83. The number of nitriles is 3. The topological polar surface area (TPSA) is 84.4 Å². The van der Waals surface area contributed by atoms with Crippen LogP contribution < -0.4 is 0 Å². The highest BCUT2D eigenvalue weighted by atomic mass is 19.1. The highest BCUT2D eigenvalue weighted by Gasteiger charge is 2.30. The van der Waals surface area contributed by atoms with Crippen molar-refractivity contribution in [2.24, 2.45) is 0 Å². The van der Waals surface area contributed by atoms with Crippen LogP contribution in [0.2, 0.25) is 0 Å². The van der Waals surface area contributed by atoms with Gasteiger partial charge in [0.25, 0.3) is 5.70 Å². The Morgan fingerprint density at radius 2 is 1.20 bits per heavy atom. The number of halogens is 2. The van der Waals surface area contributed by atoms with Crippen molar-refractivity contribution in [3.63, 3.8) is 0 Å². The van der Waals surface area contributed by atoms with Crippen LogP contribution in [0.1, 0.15) is 22.3 Å². The van der Waals surface area contributed by atoms with Gasteiger partial charge in [0, 0.05) is 11.1 Å². The Morgan fingerprint density at radius 1 is 0.600 bits per heavy atom. The van der Waals surface area contributed by atoms with Gasteiger partial charge in [-0.1, -0.05) is 24.3 Å². The summed E-state index contributed by atoms with van der Waals surface area (Å²) in [6.07, 6.45) is 0. The highest BCUT2D eigenvalue weighted by molar-refractivity contribution is 6.07. The van der Waals surface area contributed by atoms with E-state index in [0.717, 1.165) is 12.1 Å². The summed E-state index contributed by atoms with van der Waals surface area (Å²) in [5, 5.41) is 28.8. The second-order valence-electron chi connectivity index (χ2n) is 8.61. The smallest absolute Gasteiger partial charge is 0.237 e. The molecule has 8 heteroatoms. The maximum Gasteiger partial charge on any atom is 0.270 e. The summed E-state index contributed by atoms with van der Waals surface area (Å²) >= 11 is 0. The van der Waals surface area contributed by atoms with Gasteiger partial charge in [-0.2, -0.15) is 10.5 Å². The average molecular weight is 516 g/mol. The summed E-state index contributed by atoms with van der Waals surface area (Å²) < 4.78 is 29.0. The average Bonchev–Trinajstić information content (AvgIpc) is 3.28. The van der Waals surface area contributed by atoms with E-state index in [1.165, 1.54) is 24.3 Å². The third-order valence-electron chi connectivity index (χ3n) is 6.60. The minimum absolute atomic E-state index is 0.156. The van der Waals surface area contributed by atoms with Crippen LogP contribution >= 0.6 is 0 Å². The van der Waals surface area contributed by atoms with E-state index in [9.17, 15) is 19.3 Å². The van der Waals surface area contributed by atoms with E-state index >= 15 is 0 Å². The zero-order valence-electron chi connectivity index (χ0n) is 20.2. The summed E-state index contributed by atoms with van der Waals surface area (Å²) in [6.45, 7) is 22.5. The maximum absolute atomic E-state index is 14.5.